The lowest BCUT2D eigenvalue weighted by atomic mass is 9.96. The summed E-state index contributed by atoms with van der Waals surface area (Å²) in [5, 5.41) is 19.8. The summed E-state index contributed by atoms with van der Waals surface area (Å²) in [6, 6.07) is 9.08. The standard InChI is InChI=1S/C22H17ClF3N3OS2/c1-2-7-31-21-28-20(30)19(32-21)16(12-4-6-18-14(8-12)11-27-29-18)9-13-3-5-15(23)10-17(13)22(24,25)26/h3-6,8,10-11,30H,2,7,9H2,1H3. The van der Waals surface area contributed by atoms with Crippen LogP contribution in [0.5, 0.6) is 5.88 Å². The van der Waals surface area contributed by atoms with Crippen LogP contribution in [0.25, 0.3) is 5.57 Å². The molecule has 3 aromatic rings. The van der Waals surface area contributed by atoms with Crippen LogP contribution in [-0.4, -0.2) is 22.1 Å². The van der Waals surface area contributed by atoms with Gasteiger partial charge < -0.3 is 5.11 Å². The average molecular weight is 496 g/mol. The number of hydrogen-bond acceptors (Lipinski definition) is 6. The van der Waals surface area contributed by atoms with Gasteiger partial charge in [0.15, 0.2) is 4.34 Å². The molecule has 10 heteroatoms. The van der Waals surface area contributed by atoms with Gasteiger partial charge in [0, 0.05) is 22.8 Å². The van der Waals surface area contributed by atoms with Crippen molar-refractivity contribution in [3.63, 3.8) is 0 Å². The average Bonchev–Trinajstić information content (AvgIpc) is 3.36. The number of aromatic hydroxyl groups is 1. The Morgan fingerprint density at radius 3 is 2.75 bits per heavy atom. The number of fused-ring (bicyclic) bond motifs is 1. The fourth-order valence-electron chi connectivity index (χ4n) is 3.30. The fraction of sp³-hybridized carbons (Fsp3) is 0.227. The number of alkyl halides is 3. The van der Waals surface area contributed by atoms with Crippen LogP contribution in [-0.2, 0) is 12.6 Å². The Morgan fingerprint density at radius 2 is 2.00 bits per heavy atom. The van der Waals surface area contributed by atoms with Crippen LogP contribution in [0.4, 0.5) is 13.2 Å². The number of hydrogen-bond donors (Lipinski definition) is 1. The van der Waals surface area contributed by atoms with Crippen molar-refractivity contribution in [1.29, 1.82) is 0 Å². The predicted octanol–water partition coefficient (Wildman–Crippen LogP) is 5.43. The number of rotatable bonds is 6. The highest BCUT2D eigenvalue weighted by atomic mass is 35.5. The molecule has 0 bridgehead atoms. The molecule has 166 valence electrons. The van der Waals surface area contributed by atoms with E-state index in [-0.39, 0.29) is 22.9 Å². The Kier molecular flexibility index (Phi) is 6.60. The Bertz CT molecular complexity index is 1320. The lowest BCUT2D eigenvalue weighted by Crippen LogP contribution is -2.17. The van der Waals surface area contributed by atoms with Crippen molar-refractivity contribution in [2.24, 2.45) is 10.2 Å². The summed E-state index contributed by atoms with van der Waals surface area (Å²) in [4.78, 5) is 4.67. The molecule has 32 heavy (non-hydrogen) atoms. The van der Waals surface area contributed by atoms with Gasteiger partial charge in [-0.25, -0.2) is 0 Å². The molecule has 1 N–H and O–H groups in total. The van der Waals surface area contributed by atoms with Gasteiger partial charge in [-0.1, -0.05) is 42.4 Å². The Balaban J connectivity index is 1.90. The SMILES string of the molecule is CCCSc1nc(O)c(C(Cc2ccc(Cl)cc2C(F)(F)F)=c2ccc3c(c2)C=NN=3)s1. The molecule has 0 fully saturated rings. The first kappa shape index (κ1) is 22.8. The van der Waals surface area contributed by atoms with E-state index in [4.69, 9.17) is 11.6 Å². The van der Waals surface area contributed by atoms with Gasteiger partial charge in [-0.15, -0.1) is 11.3 Å². The maximum Gasteiger partial charge on any atom is 0.416 e. The fourth-order valence-corrected chi connectivity index (χ4v) is 5.50. The van der Waals surface area contributed by atoms with Crippen molar-refractivity contribution in [2.45, 2.75) is 30.3 Å². The lowest BCUT2D eigenvalue weighted by molar-refractivity contribution is -0.138. The van der Waals surface area contributed by atoms with Gasteiger partial charge in [-0.2, -0.15) is 28.4 Å². The lowest BCUT2D eigenvalue weighted by Gasteiger charge is -2.15. The van der Waals surface area contributed by atoms with E-state index in [9.17, 15) is 18.3 Å². The molecule has 0 amide bonds. The third kappa shape index (κ3) is 4.84. The molecule has 1 aliphatic rings. The highest BCUT2D eigenvalue weighted by Crippen LogP contribution is 2.39. The smallest absolute Gasteiger partial charge is 0.416 e. The van der Waals surface area contributed by atoms with Gasteiger partial charge in [0.25, 0.3) is 0 Å². The van der Waals surface area contributed by atoms with Crippen LogP contribution < -0.4 is 10.6 Å². The third-order valence-electron chi connectivity index (χ3n) is 4.78. The molecule has 0 radical (unpaired) electrons. The highest BCUT2D eigenvalue weighted by molar-refractivity contribution is 8.01. The number of halogens is 4. The largest absolute Gasteiger partial charge is 0.492 e. The van der Waals surface area contributed by atoms with Crippen molar-refractivity contribution in [3.05, 3.63) is 73.6 Å². The normalized spacial score (nSPS) is 13.8. The predicted molar refractivity (Wildman–Crippen MR) is 122 cm³/mol. The van der Waals surface area contributed by atoms with Crippen molar-refractivity contribution >= 4 is 46.5 Å². The van der Waals surface area contributed by atoms with Crippen LogP contribution in [0, 0.1) is 0 Å². The quantitative estimate of drug-likeness (QED) is 0.464. The number of nitrogens with zero attached hydrogens (tertiary/aromatic N) is 3. The summed E-state index contributed by atoms with van der Waals surface area (Å²) >= 11 is 8.63. The third-order valence-corrected chi connectivity index (χ3v) is 7.46. The summed E-state index contributed by atoms with van der Waals surface area (Å²) < 4.78 is 41.8. The van der Waals surface area contributed by atoms with Gasteiger partial charge in [0.1, 0.15) is 0 Å². The second-order valence-corrected chi connectivity index (χ2v) is 9.83. The van der Waals surface area contributed by atoms with Crippen LogP contribution in [0.1, 0.15) is 34.9 Å². The molecule has 2 aromatic carbocycles. The minimum Gasteiger partial charge on any atom is -0.492 e. The van der Waals surface area contributed by atoms with E-state index < -0.39 is 11.7 Å². The summed E-state index contributed by atoms with van der Waals surface area (Å²) in [5.41, 5.74) is 0.562. The molecule has 4 nitrogen and oxygen atoms in total. The molecular weight excluding hydrogens is 479 g/mol. The Labute approximate surface area is 195 Å². The minimum atomic E-state index is -4.56. The van der Waals surface area contributed by atoms with Crippen molar-refractivity contribution in [3.8, 4) is 5.88 Å². The van der Waals surface area contributed by atoms with Crippen LogP contribution >= 0.6 is 34.7 Å². The zero-order valence-electron chi connectivity index (χ0n) is 16.8. The van der Waals surface area contributed by atoms with E-state index in [1.165, 1.54) is 35.2 Å². The monoisotopic (exact) mass is 495 g/mol. The van der Waals surface area contributed by atoms with Gasteiger partial charge in [0.05, 0.1) is 22.0 Å². The number of benzene rings is 2. The zero-order valence-corrected chi connectivity index (χ0v) is 19.2. The molecule has 0 saturated heterocycles. The maximum atomic E-state index is 13.7. The molecular formula is C22H17ClF3N3OS2. The molecule has 0 saturated carbocycles. The van der Waals surface area contributed by atoms with E-state index in [0.29, 0.717) is 25.4 Å². The number of aromatic nitrogens is 1. The van der Waals surface area contributed by atoms with Crippen LogP contribution in [0.2, 0.25) is 5.02 Å². The number of thiazole rings is 1. The first-order valence-electron chi connectivity index (χ1n) is 9.69. The molecule has 1 aliphatic heterocycles. The summed E-state index contributed by atoms with van der Waals surface area (Å²) in [6.07, 6.45) is -2.10. The van der Waals surface area contributed by atoms with Gasteiger partial charge >= 0.3 is 6.18 Å². The highest BCUT2D eigenvalue weighted by Gasteiger charge is 2.34. The molecule has 4 rings (SSSR count). The van der Waals surface area contributed by atoms with E-state index in [2.05, 4.69) is 15.2 Å². The van der Waals surface area contributed by atoms with Crippen molar-refractivity contribution in [1.82, 2.24) is 4.98 Å². The second-order valence-electron chi connectivity index (χ2n) is 7.05. The Hall–Kier alpha value is -2.36. The van der Waals surface area contributed by atoms with E-state index in [1.807, 2.05) is 13.0 Å². The van der Waals surface area contributed by atoms with Crippen molar-refractivity contribution < 1.29 is 18.3 Å². The van der Waals surface area contributed by atoms with Gasteiger partial charge in [-0.3, -0.25) is 0 Å². The number of thioether (sulfide) groups is 1. The van der Waals surface area contributed by atoms with Gasteiger partial charge in [0.2, 0.25) is 5.88 Å². The van der Waals surface area contributed by atoms with Crippen LogP contribution in [0.15, 0.2) is 50.9 Å². The zero-order chi connectivity index (χ0) is 22.9. The topological polar surface area (TPSA) is 57.8 Å². The van der Waals surface area contributed by atoms with E-state index >= 15 is 0 Å². The molecule has 1 aromatic heterocycles. The van der Waals surface area contributed by atoms with Crippen LogP contribution in [0.3, 0.4) is 0 Å². The summed E-state index contributed by atoms with van der Waals surface area (Å²) in [6.45, 7) is 2.04. The van der Waals surface area contributed by atoms with E-state index in [1.54, 1.807) is 18.3 Å². The summed E-state index contributed by atoms with van der Waals surface area (Å²) in [7, 11) is 0. The molecule has 0 spiro atoms. The first-order valence-corrected chi connectivity index (χ1v) is 11.9. The van der Waals surface area contributed by atoms with Gasteiger partial charge in [-0.05, 0) is 47.0 Å². The summed E-state index contributed by atoms with van der Waals surface area (Å²) in [5.74, 6) is 0.637. The van der Waals surface area contributed by atoms with Crippen molar-refractivity contribution in [2.75, 3.05) is 5.75 Å². The second kappa shape index (κ2) is 9.25. The minimum absolute atomic E-state index is 0.0110. The molecule has 2 heterocycles. The molecule has 0 aliphatic carbocycles. The molecule has 0 unspecified atom stereocenters. The first-order chi connectivity index (χ1) is 15.3. The maximum absolute atomic E-state index is 13.7. The molecule has 0 atom stereocenters. The Morgan fingerprint density at radius 1 is 1.19 bits per heavy atom. The van der Waals surface area contributed by atoms with E-state index in [0.717, 1.165) is 23.8 Å².